The molecule has 0 atom stereocenters. The van der Waals surface area contributed by atoms with Crippen LogP contribution in [0, 0.1) is 20.8 Å². The first kappa shape index (κ1) is 23.2. The first-order valence-corrected chi connectivity index (χ1v) is 9.73. The van der Waals surface area contributed by atoms with E-state index < -0.39 is 5.91 Å². The summed E-state index contributed by atoms with van der Waals surface area (Å²) in [4.78, 5) is 24.2. The first-order valence-electron chi connectivity index (χ1n) is 9.35. The minimum atomic E-state index is -0.430. The van der Waals surface area contributed by atoms with Crippen molar-refractivity contribution in [2.24, 2.45) is 5.10 Å². The van der Waals surface area contributed by atoms with E-state index in [1.165, 1.54) is 7.11 Å². The van der Waals surface area contributed by atoms with Gasteiger partial charge in [0.1, 0.15) is 11.5 Å². The molecule has 0 spiro atoms. The van der Waals surface area contributed by atoms with E-state index >= 15 is 0 Å². The Hall–Kier alpha value is -3.06. The van der Waals surface area contributed by atoms with Crippen LogP contribution < -0.4 is 20.2 Å². The van der Waals surface area contributed by atoms with Crippen LogP contribution in [-0.4, -0.2) is 31.2 Å². The fourth-order valence-electron chi connectivity index (χ4n) is 2.71. The third-order valence-corrected chi connectivity index (χ3v) is 4.79. The minimum absolute atomic E-state index is 0.0216. The SMILES string of the molecule is COc1ccc(C)cc1NC(=O)C/C(C)=N/NC(=O)COc1cc(C)c(Cl)c(C)c1. The topological polar surface area (TPSA) is 89.0 Å². The lowest BCUT2D eigenvalue weighted by atomic mass is 10.1. The maximum absolute atomic E-state index is 12.3. The molecule has 0 aliphatic heterocycles. The number of carbonyl (C=O) groups is 2. The number of anilines is 1. The number of nitrogens with zero attached hydrogens (tertiary/aromatic N) is 1. The van der Waals surface area contributed by atoms with Crippen molar-refractivity contribution < 1.29 is 19.1 Å². The quantitative estimate of drug-likeness (QED) is 0.484. The maximum atomic E-state index is 12.3. The Morgan fingerprint density at radius 2 is 1.73 bits per heavy atom. The highest BCUT2D eigenvalue weighted by Gasteiger charge is 2.10. The fraction of sp³-hybridized carbons (Fsp3) is 0.318. The van der Waals surface area contributed by atoms with Gasteiger partial charge in [-0.1, -0.05) is 17.7 Å². The minimum Gasteiger partial charge on any atom is -0.495 e. The van der Waals surface area contributed by atoms with Crippen LogP contribution in [0.4, 0.5) is 5.69 Å². The van der Waals surface area contributed by atoms with Gasteiger partial charge in [-0.15, -0.1) is 0 Å². The molecule has 0 aliphatic rings. The van der Waals surface area contributed by atoms with E-state index in [4.69, 9.17) is 21.1 Å². The lowest BCUT2D eigenvalue weighted by Crippen LogP contribution is -2.26. The van der Waals surface area contributed by atoms with Crippen molar-refractivity contribution in [1.82, 2.24) is 5.43 Å². The van der Waals surface area contributed by atoms with Crippen LogP contribution in [-0.2, 0) is 9.59 Å². The van der Waals surface area contributed by atoms with Gasteiger partial charge < -0.3 is 14.8 Å². The molecule has 7 nitrogen and oxygen atoms in total. The number of nitrogens with one attached hydrogen (secondary N) is 2. The van der Waals surface area contributed by atoms with Gasteiger partial charge >= 0.3 is 0 Å². The highest BCUT2D eigenvalue weighted by atomic mass is 35.5. The van der Waals surface area contributed by atoms with E-state index in [2.05, 4.69) is 15.8 Å². The summed E-state index contributed by atoms with van der Waals surface area (Å²) in [6.45, 7) is 7.11. The zero-order valence-corrected chi connectivity index (χ0v) is 18.5. The zero-order chi connectivity index (χ0) is 22.3. The second-order valence-electron chi connectivity index (χ2n) is 6.97. The van der Waals surface area contributed by atoms with Crippen molar-refractivity contribution in [2.75, 3.05) is 19.0 Å². The maximum Gasteiger partial charge on any atom is 0.277 e. The van der Waals surface area contributed by atoms with E-state index in [9.17, 15) is 9.59 Å². The lowest BCUT2D eigenvalue weighted by molar-refractivity contribution is -0.123. The second kappa shape index (κ2) is 10.6. The molecule has 8 heteroatoms. The van der Waals surface area contributed by atoms with Gasteiger partial charge in [0.05, 0.1) is 19.2 Å². The molecular weight excluding hydrogens is 406 g/mol. The van der Waals surface area contributed by atoms with Crippen LogP contribution >= 0.6 is 11.6 Å². The molecule has 160 valence electrons. The summed E-state index contributed by atoms with van der Waals surface area (Å²) in [5, 5.41) is 7.42. The molecule has 0 aliphatic carbocycles. The average Bonchev–Trinajstić information content (AvgIpc) is 2.68. The molecule has 0 bridgehead atoms. The van der Waals surface area contributed by atoms with Crippen LogP contribution in [0.1, 0.15) is 30.0 Å². The molecule has 0 fully saturated rings. The molecule has 2 rings (SSSR count). The molecular formula is C22H26ClN3O4. The number of hydrogen-bond donors (Lipinski definition) is 2. The lowest BCUT2D eigenvalue weighted by Gasteiger charge is -2.11. The summed E-state index contributed by atoms with van der Waals surface area (Å²) in [5.41, 5.74) is 6.16. The van der Waals surface area contributed by atoms with Crippen molar-refractivity contribution in [2.45, 2.75) is 34.1 Å². The van der Waals surface area contributed by atoms with Gasteiger partial charge in [0, 0.05) is 10.7 Å². The summed E-state index contributed by atoms with van der Waals surface area (Å²) in [7, 11) is 1.54. The van der Waals surface area contributed by atoms with E-state index in [1.54, 1.807) is 25.1 Å². The van der Waals surface area contributed by atoms with Gasteiger partial charge in [-0.25, -0.2) is 5.43 Å². The molecule has 2 aromatic carbocycles. The normalized spacial score (nSPS) is 11.1. The van der Waals surface area contributed by atoms with Crippen molar-refractivity contribution in [3.63, 3.8) is 0 Å². The number of carbonyl (C=O) groups excluding carboxylic acids is 2. The second-order valence-corrected chi connectivity index (χ2v) is 7.35. The summed E-state index contributed by atoms with van der Waals surface area (Å²) in [6, 6.07) is 9.03. The highest BCUT2D eigenvalue weighted by molar-refractivity contribution is 6.32. The first-order chi connectivity index (χ1) is 14.2. The molecule has 30 heavy (non-hydrogen) atoms. The Balaban J connectivity index is 1.85. The summed E-state index contributed by atoms with van der Waals surface area (Å²) < 4.78 is 10.7. The number of aryl methyl sites for hydroxylation is 3. The summed E-state index contributed by atoms with van der Waals surface area (Å²) in [5.74, 6) is 0.427. The van der Waals surface area contributed by atoms with Crippen molar-refractivity contribution >= 4 is 34.8 Å². The zero-order valence-electron chi connectivity index (χ0n) is 17.8. The molecule has 2 N–H and O–H groups in total. The molecule has 2 aromatic rings. The van der Waals surface area contributed by atoms with Crippen LogP contribution in [0.2, 0.25) is 5.02 Å². The van der Waals surface area contributed by atoms with Gasteiger partial charge in [-0.05, 0) is 68.7 Å². The van der Waals surface area contributed by atoms with E-state index in [0.29, 0.717) is 27.9 Å². The predicted molar refractivity (Wildman–Crippen MR) is 119 cm³/mol. The Bertz CT molecular complexity index is 950. The Kier molecular flexibility index (Phi) is 8.24. The van der Waals surface area contributed by atoms with Gasteiger partial charge in [0.25, 0.3) is 5.91 Å². The Morgan fingerprint density at radius 3 is 2.37 bits per heavy atom. The fourth-order valence-corrected chi connectivity index (χ4v) is 2.82. The average molecular weight is 432 g/mol. The Morgan fingerprint density at radius 1 is 1.07 bits per heavy atom. The summed E-state index contributed by atoms with van der Waals surface area (Å²) >= 11 is 6.12. The number of methoxy groups -OCH3 is 1. The van der Waals surface area contributed by atoms with Gasteiger partial charge in [-0.2, -0.15) is 5.10 Å². The monoisotopic (exact) mass is 431 g/mol. The van der Waals surface area contributed by atoms with Crippen LogP contribution in [0.25, 0.3) is 0 Å². The number of hydrazone groups is 1. The number of rotatable bonds is 8. The van der Waals surface area contributed by atoms with E-state index in [0.717, 1.165) is 16.7 Å². The van der Waals surface area contributed by atoms with Crippen LogP contribution in [0.3, 0.4) is 0 Å². The van der Waals surface area contributed by atoms with Crippen molar-refractivity contribution in [3.8, 4) is 11.5 Å². The predicted octanol–water partition coefficient (Wildman–Crippen LogP) is 4.17. The Labute approximate surface area is 181 Å². The van der Waals surface area contributed by atoms with Gasteiger partial charge in [0.2, 0.25) is 5.91 Å². The number of hydrogen-bond acceptors (Lipinski definition) is 5. The standard InChI is InChI=1S/C22H26ClN3O4/c1-13-6-7-19(29-5)18(8-13)24-20(27)11-16(4)25-26-21(28)12-30-17-9-14(2)22(23)15(3)10-17/h6-10H,11-12H2,1-5H3,(H,24,27)(H,26,28)/b25-16+. The van der Waals surface area contributed by atoms with Crippen molar-refractivity contribution in [1.29, 1.82) is 0 Å². The number of benzene rings is 2. The third-order valence-electron chi connectivity index (χ3n) is 4.20. The van der Waals surface area contributed by atoms with E-state index in [1.807, 2.05) is 32.9 Å². The molecule has 0 radical (unpaired) electrons. The molecule has 0 saturated carbocycles. The third kappa shape index (κ3) is 6.77. The van der Waals surface area contributed by atoms with Gasteiger partial charge in [0.15, 0.2) is 6.61 Å². The van der Waals surface area contributed by atoms with Crippen molar-refractivity contribution in [3.05, 3.63) is 52.0 Å². The highest BCUT2D eigenvalue weighted by Crippen LogP contribution is 2.26. The number of halogens is 1. The molecule has 0 saturated heterocycles. The number of amides is 2. The van der Waals surface area contributed by atoms with E-state index in [-0.39, 0.29) is 18.9 Å². The molecule has 0 aromatic heterocycles. The van der Waals surface area contributed by atoms with Crippen LogP contribution in [0.5, 0.6) is 11.5 Å². The smallest absolute Gasteiger partial charge is 0.277 e. The largest absolute Gasteiger partial charge is 0.495 e. The molecule has 0 unspecified atom stereocenters. The molecule has 2 amide bonds. The van der Waals surface area contributed by atoms with Crippen LogP contribution in [0.15, 0.2) is 35.4 Å². The van der Waals surface area contributed by atoms with Gasteiger partial charge in [-0.3, -0.25) is 9.59 Å². The molecule has 0 heterocycles. The number of ether oxygens (including phenoxy) is 2. The summed E-state index contributed by atoms with van der Waals surface area (Å²) in [6.07, 6.45) is 0.0216.